The van der Waals surface area contributed by atoms with Crippen molar-refractivity contribution in [1.82, 2.24) is 4.57 Å². The highest BCUT2D eigenvalue weighted by molar-refractivity contribution is 5.78. The Balaban J connectivity index is 2.24. The van der Waals surface area contributed by atoms with Crippen LogP contribution in [0.25, 0.3) is 16.7 Å². The zero-order valence-corrected chi connectivity index (χ0v) is 8.46. The predicted octanol–water partition coefficient (Wildman–Crippen LogP) is 2.58. The van der Waals surface area contributed by atoms with Crippen molar-refractivity contribution < 1.29 is 4.42 Å². The lowest BCUT2D eigenvalue weighted by Crippen LogP contribution is -1.95. The molecule has 2 heterocycles. The highest BCUT2D eigenvalue weighted by Gasteiger charge is 1.99. The van der Waals surface area contributed by atoms with E-state index in [1.807, 2.05) is 47.3 Å². The van der Waals surface area contributed by atoms with Crippen molar-refractivity contribution in [3.63, 3.8) is 0 Å². The molecule has 0 fully saturated rings. The van der Waals surface area contributed by atoms with Gasteiger partial charge in [0.05, 0.1) is 0 Å². The van der Waals surface area contributed by atoms with Gasteiger partial charge in [-0.3, -0.25) is 0 Å². The molecule has 0 unspecified atom stereocenters. The minimum atomic E-state index is -0.318. The molecule has 2 aromatic heterocycles. The number of aromatic nitrogens is 1. The van der Waals surface area contributed by atoms with Crippen molar-refractivity contribution in [3.8, 4) is 5.69 Å². The Kier molecular flexibility index (Phi) is 1.90. The number of hydrogen-bond acceptors (Lipinski definition) is 2. The monoisotopic (exact) mass is 211 g/mol. The Morgan fingerprint density at radius 3 is 2.62 bits per heavy atom. The molecule has 3 aromatic rings. The number of benzene rings is 1. The summed E-state index contributed by atoms with van der Waals surface area (Å²) in [4.78, 5) is 11.0. The highest BCUT2D eigenvalue weighted by atomic mass is 16.4. The van der Waals surface area contributed by atoms with Gasteiger partial charge in [-0.25, -0.2) is 4.79 Å². The van der Waals surface area contributed by atoms with Crippen LogP contribution < -0.4 is 5.63 Å². The summed E-state index contributed by atoms with van der Waals surface area (Å²) in [6.45, 7) is 0. The van der Waals surface area contributed by atoms with Gasteiger partial charge in [-0.2, -0.15) is 0 Å². The second kappa shape index (κ2) is 3.38. The Hall–Kier alpha value is -2.29. The molecule has 16 heavy (non-hydrogen) atoms. The van der Waals surface area contributed by atoms with E-state index in [2.05, 4.69) is 0 Å². The maximum absolute atomic E-state index is 11.0. The molecule has 1 aromatic carbocycles. The third-order valence-electron chi connectivity index (χ3n) is 2.51. The quantitative estimate of drug-likeness (QED) is 0.580. The van der Waals surface area contributed by atoms with Gasteiger partial charge < -0.3 is 8.98 Å². The van der Waals surface area contributed by atoms with E-state index in [0.29, 0.717) is 5.58 Å². The number of rotatable bonds is 1. The molecular formula is C13H9NO2. The lowest BCUT2D eigenvalue weighted by molar-refractivity contribution is 0.561. The Morgan fingerprint density at radius 1 is 1.00 bits per heavy atom. The molecule has 0 N–H and O–H groups in total. The Morgan fingerprint density at radius 2 is 1.81 bits per heavy atom. The lowest BCUT2D eigenvalue weighted by Gasteiger charge is -2.03. The van der Waals surface area contributed by atoms with E-state index in [0.717, 1.165) is 11.1 Å². The first-order valence-corrected chi connectivity index (χ1v) is 5.00. The van der Waals surface area contributed by atoms with E-state index in [4.69, 9.17) is 4.42 Å². The smallest absolute Gasteiger partial charge is 0.336 e. The standard InChI is InChI=1S/C13H9NO2/c15-13-6-3-10-9-11(4-5-12(10)16-13)14-7-1-2-8-14/h1-9H. The van der Waals surface area contributed by atoms with Crippen molar-refractivity contribution >= 4 is 11.0 Å². The van der Waals surface area contributed by atoms with Crippen molar-refractivity contribution in [1.29, 1.82) is 0 Å². The normalized spacial score (nSPS) is 10.8. The van der Waals surface area contributed by atoms with Gasteiger partial charge in [0.25, 0.3) is 0 Å². The van der Waals surface area contributed by atoms with Crippen LogP contribution in [0, 0.1) is 0 Å². The summed E-state index contributed by atoms with van der Waals surface area (Å²) in [7, 11) is 0. The maximum Gasteiger partial charge on any atom is 0.336 e. The molecule has 3 heteroatoms. The van der Waals surface area contributed by atoms with Crippen LogP contribution in [0.15, 0.2) is 64.1 Å². The summed E-state index contributed by atoms with van der Waals surface area (Å²) in [6, 6.07) is 12.9. The van der Waals surface area contributed by atoms with Gasteiger partial charge in [0.15, 0.2) is 0 Å². The zero-order chi connectivity index (χ0) is 11.0. The highest BCUT2D eigenvalue weighted by Crippen LogP contribution is 2.16. The van der Waals surface area contributed by atoms with Crippen LogP contribution in [0.4, 0.5) is 0 Å². The molecule has 0 spiro atoms. The minimum Gasteiger partial charge on any atom is -0.423 e. The van der Waals surface area contributed by atoms with Crippen molar-refractivity contribution in [2.75, 3.05) is 0 Å². The average Bonchev–Trinajstić information content (AvgIpc) is 2.82. The molecule has 3 nitrogen and oxygen atoms in total. The number of hydrogen-bond donors (Lipinski definition) is 0. The molecule has 0 atom stereocenters. The van der Waals surface area contributed by atoms with Gasteiger partial charge in [0, 0.05) is 29.5 Å². The predicted molar refractivity (Wildman–Crippen MR) is 61.8 cm³/mol. The van der Waals surface area contributed by atoms with Crippen LogP contribution in [0.3, 0.4) is 0 Å². The van der Waals surface area contributed by atoms with Gasteiger partial charge in [0.1, 0.15) is 5.58 Å². The summed E-state index contributed by atoms with van der Waals surface area (Å²) in [5, 5.41) is 0.922. The SMILES string of the molecule is O=c1ccc2cc(-n3cccc3)ccc2o1. The van der Waals surface area contributed by atoms with Gasteiger partial charge in [0.2, 0.25) is 0 Å². The fourth-order valence-corrected chi connectivity index (χ4v) is 1.73. The largest absolute Gasteiger partial charge is 0.423 e. The van der Waals surface area contributed by atoms with E-state index >= 15 is 0 Å². The van der Waals surface area contributed by atoms with E-state index in [9.17, 15) is 4.79 Å². The molecule has 0 aliphatic carbocycles. The van der Waals surface area contributed by atoms with Gasteiger partial charge in [-0.1, -0.05) is 0 Å². The topological polar surface area (TPSA) is 35.1 Å². The first kappa shape index (κ1) is 8.97. The summed E-state index contributed by atoms with van der Waals surface area (Å²) in [5.41, 5.74) is 1.34. The van der Waals surface area contributed by atoms with Crippen LogP contribution in [-0.2, 0) is 0 Å². The number of fused-ring (bicyclic) bond motifs is 1. The fraction of sp³-hybridized carbons (Fsp3) is 0. The Bertz CT molecular complexity index is 680. The first-order valence-electron chi connectivity index (χ1n) is 5.00. The van der Waals surface area contributed by atoms with Crippen LogP contribution in [0.2, 0.25) is 0 Å². The number of nitrogens with zero attached hydrogens (tertiary/aromatic N) is 1. The maximum atomic E-state index is 11.0. The minimum absolute atomic E-state index is 0.318. The van der Waals surface area contributed by atoms with Gasteiger partial charge in [-0.15, -0.1) is 0 Å². The molecule has 0 amide bonds. The average molecular weight is 211 g/mol. The van der Waals surface area contributed by atoms with Crippen LogP contribution in [0.1, 0.15) is 0 Å². The van der Waals surface area contributed by atoms with Crippen LogP contribution in [0.5, 0.6) is 0 Å². The van der Waals surface area contributed by atoms with Crippen molar-refractivity contribution in [3.05, 3.63) is 65.3 Å². The van der Waals surface area contributed by atoms with Crippen LogP contribution >= 0.6 is 0 Å². The third kappa shape index (κ3) is 1.42. The molecule has 0 saturated carbocycles. The van der Waals surface area contributed by atoms with Crippen molar-refractivity contribution in [2.24, 2.45) is 0 Å². The third-order valence-corrected chi connectivity index (χ3v) is 2.51. The summed E-state index contributed by atoms with van der Waals surface area (Å²) < 4.78 is 7.07. The van der Waals surface area contributed by atoms with E-state index in [-0.39, 0.29) is 5.63 Å². The molecular weight excluding hydrogens is 202 g/mol. The zero-order valence-electron chi connectivity index (χ0n) is 8.46. The van der Waals surface area contributed by atoms with Crippen LogP contribution in [-0.4, -0.2) is 4.57 Å². The molecule has 78 valence electrons. The molecule has 3 rings (SSSR count). The first-order chi connectivity index (χ1) is 7.83. The van der Waals surface area contributed by atoms with E-state index in [1.165, 1.54) is 6.07 Å². The second-order valence-corrected chi connectivity index (χ2v) is 3.57. The van der Waals surface area contributed by atoms with E-state index in [1.54, 1.807) is 6.07 Å². The molecule has 0 radical (unpaired) electrons. The van der Waals surface area contributed by atoms with Crippen molar-refractivity contribution in [2.45, 2.75) is 0 Å². The van der Waals surface area contributed by atoms with Gasteiger partial charge in [-0.05, 0) is 36.4 Å². The summed E-state index contributed by atoms with van der Waals surface area (Å²) >= 11 is 0. The molecule has 0 bridgehead atoms. The molecule has 0 aliphatic rings. The van der Waals surface area contributed by atoms with E-state index < -0.39 is 0 Å². The van der Waals surface area contributed by atoms with Gasteiger partial charge >= 0.3 is 5.63 Å². The summed E-state index contributed by atoms with van der Waals surface area (Å²) in [5.74, 6) is 0. The molecule has 0 aliphatic heterocycles. The molecule has 0 saturated heterocycles. The Labute approximate surface area is 91.6 Å². The summed E-state index contributed by atoms with van der Waals surface area (Å²) in [6.07, 6.45) is 3.94. The second-order valence-electron chi connectivity index (χ2n) is 3.57. The lowest BCUT2D eigenvalue weighted by atomic mass is 10.2. The fourth-order valence-electron chi connectivity index (χ4n) is 1.73.